The second kappa shape index (κ2) is 5.32. The summed E-state index contributed by atoms with van der Waals surface area (Å²) in [5.41, 5.74) is 3.38. The van der Waals surface area contributed by atoms with Crippen molar-refractivity contribution in [2.45, 2.75) is 25.6 Å². The summed E-state index contributed by atoms with van der Waals surface area (Å²) in [6.07, 6.45) is -4.56. The topological polar surface area (TPSA) is 73.3 Å². The van der Waals surface area contributed by atoms with Crippen LogP contribution in [0.25, 0.3) is 0 Å². The maximum absolute atomic E-state index is 12.8. The normalized spacial score (nSPS) is 12.3. The van der Waals surface area contributed by atoms with Gasteiger partial charge in [0.05, 0.1) is 11.2 Å². The van der Waals surface area contributed by atoms with Gasteiger partial charge < -0.3 is 15.7 Å². The Bertz CT molecular complexity index is 507. The molecule has 4 N–H and O–H groups in total. The Kier molecular flexibility index (Phi) is 4.33. The van der Waals surface area contributed by atoms with Gasteiger partial charge in [0, 0.05) is 24.8 Å². The second-order valence-electron chi connectivity index (χ2n) is 5.31. The summed E-state index contributed by atoms with van der Waals surface area (Å²) in [4.78, 5) is 1.60. The first kappa shape index (κ1) is 16.3. The molecule has 1 aromatic rings. The molecule has 0 amide bonds. The summed E-state index contributed by atoms with van der Waals surface area (Å²) in [5, 5.41) is 17.0. The molecule has 0 atom stereocenters. The zero-order valence-corrected chi connectivity index (χ0v) is 11.5. The van der Waals surface area contributed by atoms with Gasteiger partial charge in [0.15, 0.2) is 0 Å². The molecular weight excluding hydrogens is 271 g/mol. The van der Waals surface area contributed by atoms with Crippen LogP contribution in [0.4, 0.5) is 18.9 Å². The van der Waals surface area contributed by atoms with E-state index in [0.717, 1.165) is 6.07 Å². The highest BCUT2D eigenvalue weighted by Gasteiger charge is 2.34. The number of nitrogen functional groups attached to an aromatic ring is 1. The highest BCUT2D eigenvalue weighted by molar-refractivity contribution is 5.97. The van der Waals surface area contributed by atoms with Crippen LogP contribution in [0.2, 0.25) is 0 Å². The van der Waals surface area contributed by atoms with Gasteiger partial charge in [-0.2, -0.15) is 13.2 Å². The molecule has 0 aliphatic carbocycles. The van der Waals surface area contributed by atoms with Crippen molar-refractivity contribution >= 4 is 11.5 Å². The fraction of sp³-hybridized carbons (Fsp3) is 0.462. The summed E-state index contributed by atoms with van der Waals surface area (Å²) < 4.78 is 38.4. The van der Waals surface area contributed by atoms with Crippen LogP contribution in [0.3, 0.4) is 0 Å². The van der Waals surface area contributed by atoms with Gasteiger partial charge in [-0.15, -0.1) is 0 Å². The van der Waals surface area contributed by atoms with Crippen molar-refractivity contribution in [2.24, 2.45) is 5.73 Å². The summed E-state index contributed by atoms with van der Waals surface area (Å²) in [5.74, 6) is -0.643. The monoisotopic (exact) mass is 289 g/mol. The van der Waals surface area contributed by atoms with E-state index in [1.165, 1.54) is 12.1 Å². The highest BCUT2D eigenvalue weighted by Crippen LogP contribution is 2.33. The zero-order valence-electron chi connectivity index (χ0n) is 11.5. The van der Waals surface area contributed by atoms with E-state index in [9.17, 15) is 18.3 Å². The van der Waals surface area contributed by atoms with E-state index in [2.05, 4.69) is 0 Å². The molecule has 0 aliphatic rings. The Balaban J connectivity index is 3.21. The molecule has 0 spiro atoms. The van der Waals surface area contributed by atoms with Gasteiger partial charge in [-0.3, -0.25) is 5.41 Å². The average molecular weight is 289 g/mol. The van der Waals surface area contributed by atoms with Gasteiger partial charge in [0.25, 0.3) is 0 Å². The number of alkyl halides is 3. The number of rotatable bonds is 4. The Morgan fingerprint density at radius 3 is 2.30 bits per heavy atom. The molecule has 0 bridgehead atoms. The van der Waals surface area contributed by atoms with Crippen molar-refractivity contribution in [1.29, 1.82) is 5.41 Å². The Morgan fingerprint density at radius 1 is 1.35 bits per heavy atom. The van der Waals surface area contributed by atoms with Crippen molar-refractivity contribution < 1.29 is 18.3 Å². The molecule has 1 rings (SSSR count). The van der Waals surface area contributed by atoms with Gasteiger partial charge in [-0.25, -0.2) is 0 Å². The van der Waals surface area contributed by atoms with E-state index < -0.39 is 23.2 Å². The second-order valence-corrected chi connectivity index (χ2v) is 5.31. The summed E-state index contributed by atoms with van der Waals surface area (Å²) >= 11 is 0. The number of hydrogen-bond acceptors (Lipinski definition) is 3. The standard InChI is InChI=1S/C13H18F3N3O/c1-12(2,20)7-19(3)8-4-5-10(13(14,15)16)9(6-8)11(17)18/h4-6,20H,7H2,1-3H3,(H3,17,18). The Labute approximate surface area is 115 Å². The first-order valence-electron chi connectivity index (χ1n) is 5.91. The number of benzene rings is 1. The van der Waals surface area contributed by atoms with Gasteiger partial charge in [-0.05, 0) is 32.0 Å². The highest BCUT2D eigenvalue weighted by atomic mass is 19.4. The van der Waals surface area contributed by atoms with E-state index in [-0.39, 0.29) is 12.1 Å². The molecule has 7 heteroatoms. The maximum Gasteiger partial charge on any atom is 0.417 e. The minimum Gasteiger partial charge on any atom is -0.389 e. The van der Waals surface area contributed by atoms with Crippen molar-refractivity contribution in [1.82, 2.24) is 0 Å². The molecule has 4 nitrogen and oxygen atoms in total. The molecule has 0 heterocycles. The van der Waals surface area contributed by atoms with Crippen LogP contribution in [0.5, 0.6) is 0 Å². The van der Waals surface area contributed by atoms with E-state index in [4.69, 9.17) is 11.1 Å². The zero-order chi connectivity index (χ0) is 15.7. The number of amidine groups is 1. The molecule has 0 radical (unpaired) electrons. The lowest BCUT2D eigenvalue weighted by atomic mass is 10.0. The smallest absolute Gasteiger partial charge is 0.389 e. The van der Waals surface area contributed by atoms with Crippen molar-refractivity contribution in [3.8, 4) is 0 Å². The molecule has 112 valence electrons. The quantitative estimate of drug-likeness (QED) is 0.587. The fourth-order valence-corrected chi connectivity index (χ4v) is 1.91. The van der Waals surface area contributed by atoms with Crippen LogP contribution in [0.15, 0.2) is 18.2 Å². The molecule has 0 unspecified atom stereocenters. The van der Waals surface area contributed by atoms with E-state index in [1.54, 1.807) is 25.8 Å². The predicted molar refractivity (Wildman–Crippen MR) is 72.0 cm³/mol. The fourth-order valence-electron chi connectivity index (χ4n) is 1.91. The SMILES string of the molecule is CN(CC(C)(C)O)c1ccc(C(F)(F)F)c(C(=N)N)c1. The lowest BCUT2D eigenvalue weighted by Gasteiger charge is -2.28. The van der Waals surface area contributed by atoms with Crippen LogP contribution in [0, 0.1) is 5.41 Å². The third kappa shape index (κ3) is 4.12. The van der Waals surface area contributed by atoms with Gasteiger partial charge in [0.2, 0.25) is 0 Å². The van der Waals surface area contributed by atoms with Crippen molar-refractivity contribution in [3.63, 3.8) is 0 Å². The first-order chi connectivity index (χ1) is 8.92. The number of nitrogens with zero attached hydrogens (tertiary/aromatic N) is 1. The number of halogens is 3. The molecule has 0 aliphatic heterocycles. The molecule has 0 saturated heterocycles. The number of aliphatic hydroxyl groups is 1. The number of likely N-dealkylation sites (N-methyl/N-ethyl adjacent to an activating group) is 1. The van der Waals surface area contributed by atoms with Gasteiger partial charge in [-0.1, -0.05) is 0 Å². The molecule has 0 fully saturated rings. The number of nitrogens with two attached hydrogens (primary N) is 1. The molecule has 1 aromatic carbocycles. The lowest BCUT2D eigenvalue weighted by Crippen LogP contribution is -2.36. The van der Waals surface area contributed by atoms with Crippen LogP contribution >= 0.6 is 0 Å². The van der Waals surface area contributed by atoms with Crippen LogP contribution < -0.4 is 10.6 Å². The van der Waals surface area contributed by atoms with Crippen molar-refractivity contribution in [2.75, 3.05) is 18.5 Å². The van der Waals surface area contributed by atoms with Crippen LogP contribution in [-0.2, 0) is 6.18 Å². The summed E-state index contributed by atoms with van der Waals surface area (Å²) in [6, 6.07) is 3.39. The molecular formula is C13H18F3N3O. The van der Waals surface area contributed by atoms with Crippen molar-refractivity contribution in [3.05, 3.63) is 29.3 Å². The maximum atomic E-state index is 12.8. The third-order valence-corrected chi connectivity index (χ3v) is 2.66. The summed E-state index contributed by atoms with van der Waals surface area (Å²) in [7, 11) is 1.64. The Hall–Kier alpha value is -1.76. The number of hydrogen-bond donors (Lipinski definition) is 3. The molecule has 20 heavy (non-hydrogen) atoms. The third-order valence-electron chi connectivity index (χ3n) is 2.66. The number of nitrogens with one attached hydrogen (secondary N) is 1. The van der Waals surface area contributed by atoms with E-state index in [1.807, 2.05) is 0 Å². The minimum atomic E-state index is -4.56. The van der Waals surface area contributed by atoms with Gasteiger partial charge in [0.1, 0.15) is 5.84 Å². The minimum absolute atomic E-state index is 0.232. The van der Waals surface area contributed by atoms with E-state index in [0.29, 0.717) is 5.69 Å². The summed E-state index contributed by atoms with van der Waals surface area (Å²) in [6.45, 7) is 3.43. The Morgan fingerprint density at radius 2 is 1.90 bits per heavy atom. The van der Waals surface area contributed by atoms with Crippen LogP contribution in [-0.4, -0.2) is 30.1 Å². The lowest BCUT2D eigenvalue weighted by molar-refractivity contribution is -0.137. The molecule has 0 saturated carbocycles. The van der Waals surface area contributed by atoms with E-state index >= 15 is 0 Å². The molecule has 0 aromatic heterocycles. The number of anilines is 1. The first-order valence-corrected chi connectivity index (χ1v) is 5.91. The predicted octanol–water partition coefficient (Wildman–Crippen LogP) is 2.20. The van der Waals surface area contributed by atoms with Gasteiger partial charge >= 0.3 is 6.18 Å². The largest absolute Gasteiger partial charge is 0.417 e. The van der Waals surface area contributed by atoms with Crippen LogP contribution in [0.1, 0.15) is 25.0 Å². The average Bonchev–Trinajstić information content (AvgIpc) is 2.24.